The minimum absolute atomic E-state index is 0.0158. The van der Waals surface area contributed by atoms with Gasteiger partial charge in [0, 0.05) is 20.2 Å². The molecule has 0 aromatic heterocycles. The molecule has 1 atom stereocenters. The van der Waals surface area contributed by atoms with Crippen molar-refractivity contribution in [3.63, 3.8) is 0 Å². The Balaban J connectivity index is 1.99. The monoisotopic (exact) mass is 263 g/mol. The van der Waals surface area contributed by atoms with Gasteiger partial charge in [-0.05, 0) is 24.1 Å². The Hall–Kier alpha value is -1.88. The highest BCUT2D eigenvalue weighted by Gasteiger charge is 2.25. The van der Waals surface area contributed by atoms with Gasteiger partial charge in [-0.1, -0.05) is 12.1 Å². The highest BCUT2D eigenvalue weighted by molar-refractivity contribution is 5.88. The van der Waals surface area contributed by atoms with Crippen LogP contribution in [-0.2, 0) is 16.0 Å². The van der Waals surface area contributed by atoms with Crippen molar-refractivity contribution < 1.29 is 19.4 Å². The Labute approximate surface area is 111 Å². The van der Waals surface area contributed by atoms with Gasteiger partial charge in [0.05, 0.1) is 18.1 Å². The number of ether oxygens (including phenoxy) is 1. The van der Waals surface area contributed by atoms with Crippen molar-refractivity contribution in [3.8, 4) is 0 Å². The molecule has 2 rings (SSSR count). The number of rotatable bonds is 4. The van der Waals surface area contributed by atoms with E-state index < -0.39 is 5.97 Å². The van der Waals surface area contributed by atoms with Gasteiger partial charge < -0.3 is 14.7 Å². The Bertz CT molecular complexity index is 486. The van der Waals surface area contributed by atoms with Crippen molar-refractivity contribution >= 4 is 11.9 Å². The molecule has 19 heavy (non-hydrogen) atoms. The second-order valence-corrected chi connectivity index (χ2v) is 4.67. The smallest absolute Gasteiger partial charge is 0.335 e. The van der Waals surface area contributed by atoms with Gasteiger partial charge in [0.1, 0.15) is 0 Å². The maximum absolute atomic E-state index is 12.1. The molecule has 0 aliphatic carbocycles. The summed E-state index contributed by atoms with van der Waals surface area (Å²) in [4.78, 5) is 24.7. The van der Waals surface area contributed by atoms with E-state index in [1.54, 1.807) is 30.2 Å². The number of hydrogen-bond donors (Lipinski definition) is 1. The van der Waals surface area contributed by atoms with Crippen molar-refractivity contribution in [1.82, 2.24) is 4.90 Å². The topological polar surface area (TPSA) is 66.8 Å². The van der Waals surface area contributed by atoms with E-state index in [0.29, 0.717) is 13.1 Å². The number of carbonyl (C=O) groups is 2. The number of benzene rings is 1. The van der Waals surface area contributed by atoms with E-state index in [9.17, 15) is 9.59 Å². The molecule has 0 saturated carbocycles. The first-order valence-corrected chi connectivity index (χ1v) is 6.23. The van der Waals surface area contributed by atoms with Crippen LogP contribution in [0.15, 0.2) is 24.3 Å². The van der Waals surface area contributed by atoms with Gasteiger partial charge in [-0.3, -0.25) is 4.79 Å². The quantitative estimate of drug-likeness (QED) is 0.885. The lowest BCUT2D eigenvalue weighted by molar-refractivity contribution is -0.129. The fourth-order valence-electron chi connectivity index (χ4n) is 2.25. The van der Waals surface area contributed by atoms with Crippen molar-refractivity contribution in [2.75, 3.05) is 20.2 Å². The molecule has 1 amide bonds. The molecule has 0 radical (unpaired) electrons. The molecule has 1 saturated heterocycles. The van der Waals surface area contributed by atoms with Crippen LogP contribution in [0.4, 0.5) is 0 Å². The number of hydrogen-bond acceptors (Lipinski definition) is 3. The van der Waals surface area contributed by atoms with Crippen LogP contribution in [-0.4, -0.2) is 48.2 Å². The van der Waals surface area contributed by atoms with Crippen LogP contribution in [0.1, 0.15) is 22.3 Å². The molecule has 1 aliphatic rings. The van der Waals surface area contributed by atoms with E-state index in [1.165, 1.54) is 6.07 Å². The van der Waals surface area contributed by atoms with Crippen LogP contribution in [0, 0.1) is 0 Å². The summed E-state index contributed by atoms with van der Waals surface area (Å²) in [6.07, 6.45) is 1.21. The predicted octanol–water partition coefficient (Wildman–Crippen LogP) is 1.17. The van der Waals surface area contributed by atoms with Gasteiger partial charge in [-0.15, -0.1) is 0 Å². The van der Waals surface area contributed by atoms with E-state index in [2.05, 4.69) is 0 Å². The third-order valence-electron chi connectivity index (χ3n) is 3.36. The van der Waals surface area contributed by atoms with Crippen molar-refractivity contribution in [2.24, 2.45) is 0 Å². The normalized spacial score (nSPS) is 18.6. The fraction of sp³-hybridized carbons (Fsp3) is 0.429. The Morgan fingerprint density at radius 2 is 2.26 bits per heavy atom. The molecular weight excluding hydrogens is 246 g/mol. The predicted molar refractivity (Wildman–Crippen MR) is 69.1 cm³/mol. The van der Waals surface area contributed by atoms with Gasteiger partial charge in [0.25, 0.3) is 0 Å². The first-order chi connectivity index (χ1) is 9.10. The van der Waals surface area contributed by atoms with E-state index in [-0.39, 0.29) is 24.0 Å². The summed E-state index contributed by atoms with van der Waals surface area (Å²) in [7, 11) is 1.65. The summed E-state index contributed by atoms with van der Waals surface area (Å²) in [5, 5.41) is 8.91. The number of carbonyl (C=O) groups excluding carboxylic acids is 1. The van der Waals surface area contributed by atoms with Crippen molar-refractivity contribution in [1.29, 1.82) is 0 Å². The number of carboxylic acid groups (broad SMARTS) is 1. The van der Waals surface area contributed by atoms with E-state index in [0.717, 1.165) is 12.0 Å². The average Bonchev–Trinajstić information content (AvgIpc) is 2.88. The molecule has 1 fully saturated rings. The van der Waals surface area contributed by atoms with E-state index in [1.807, 2.05) is 0 Å². The van der Waals surface area contributed by atoms with Gasteiger partial charge in [-0.25, -0.2) is 4.79 Å². The molecule has 5 heteroatoms. The second kappa shape index (κ2) is 5.84. The first kappa shape index (κ1) is 13.5. The standard InChI is InChI=1S/C14H17NO4/c1-19-12-5-6-15(9-12)13(16)8-10-3-2-4-11(7-10)14(17)18/h2-4,7,12H,5-6,8-9H2,1H3,(H,17,18)/t12-/m0/s1. The maximum Gasteiger partial charge on any atom is 0.335 e. The second-order valence-electron chi connectivity index (χ2n) is 4.67. The van der Waals surface area contributed by atoms with Crippen molar-refractivity contribution in [2.45, 2.75) is 18.9 Å². The van der Waals surface area contributed by atoms with Crippen LogP contribution in [0.5, 0.6) is 0 Å². The zero-order valence-corrected chi connectivity index (χ0v) is 10.8. The van der Waals surface area contributed by atoms with Crippen LogP contribution >= 0.6 is 0 Å². The summed E-state index contributed by atoms with van der Waals surface area (Å²) in [6, 6.07) is 6.50. The summed E-state index contributed by atoms with van der Waals surface area (Å²) in [5.41, 5.74) is 0.937. The molecular formula is C14H17NO4. The number of methoxy groups -OCH3 is 1. The lowest BCUT2D eigenvalue weighted by Gasteiger charge is -2.16. The minimum atomic E-state index is -0.977. The van der Waals surface area contributed by atoms with Gasteiger partial charge in [-0.2, -0.15) is 0 Å². The Morgan fingerprint density at radius 3 is 2.89 bits per heavy atom. The molecule has 5 nitrogen and oxygen atoms in total. The number of nitrogens with zero attached hydrogens (tertiary/aromatic N) is 1. The molecule has 1 aromatic rings. The minimum Gasteiger partial charge on any atom is -0.478 e. The number of aromatic carboxylic acids is 1. The van der Waals surface area contributed by atoms with Crippen LogP contribution in [0.25, 0.3) is 0 Å². The number of amides is 1. The van der Waals surface area contributed by atoms with E-state index in [4.69, 9.17) is 9.84 Å². The van der Waals surface area contributed by atoms with Gasteiger partial charge >= 0.3 is 5.97 Å². The Morgan fingerprint density at radius 1 is 1.47 bits per heavy atom. The molecule has 1 aromatic carbocycles. The highest BCUT2D eigenvalue weighted by atomic mass is 16.5. The summed E-state index contributed by atoms with van der Waals surface area (Å²) >= 11 is 0. The first-order valence-electron chi connectivity index (χ1n) is 6.23. The van der Waals surface area contributed by atoms with Crippen LogP contribution in [0.2, 0.25) is 0 Å². The summed E-state index contributed by atoms with van der Waals surface area (Å²) in [5.74, 6) is -0.961. The largest absolute Gasteiger partial charge is 0.478 e. The average molecular weight is 263 g/mol. The summed E-state index contributed by atoms with van der Waals surface area (Å²) in [6.45, 7) is 1.32. The van der Waals surface area contributed by atoms with E-state index >= 15 is 0 Å². The zero-order valence-electron chi connectivity index (χ0n) is 10.8. The van der Waals surface area contributed by atoms with Gasteiger partial charge in [0.2, 0.25) is 5.91 Å². The SMILES string of the molecule is CO[C@H]1CCN(C(=O)Cc2cccc(C(=O)O)c2)C1. The zero-order chi connectivity index (χ0) is 13.8. The molecule has 1 heterocycles. The third kappa shape index (κ3) is 3.32. The van der Waals surface area contributed by atoms with Gasteiger partial charge in [0.15, 0.2) is 0 Å². The molecule has 1 N–H and O–H groups in total. The van der Waals surface area contributed by atoms with Crippen LogP contribution < -0.4 is 0 Å². The third-order valence-corrected chi connectivity index (χ3v) is 3.36. The van der Waals surface area contributed by atoms with Crippen molar-refractivity contribution in [3.05, 3.63) is 35.4 Å². The van der Waals surface area contributed by atoms with Crippen LogP contribution in [0.3, 0.4) is 0 Å². The molecule has 0 spiro atoms. The lowest BCUT2D eigenvalue weighted by Crippen LogP contribution is -2.31. The highest BCUT2D eigenvalue weighted by Crippen LogP contribution is 2.14. The Kier molecular flexibility index (Phi) is 4.16. The maximum atomic E-state index is 12.1. The number of likely N-dealkylation sites (tertiary alicyclic amines) is 1. The lowest BCUT2D eigenvalue weighted by atomic mass is 10.1. The molecule has 102 valence electrons. The molecule has 0 bridgehead atoms. The summed E-state index contributed by atoms with van der Waals surface area (Å²) < 4.78 is 5.22. The molecule has 0 unspecified atom stereocenters. The number of carboxylic acids is 1. The molecule has 1 aliphatic heterocycles. The fourth-order valence-corrected chi connectivity index (χ4v) is 2.25.